The summed E-state index contributed by atoms with van der Waals surface area (Å²) in [6.07, 6.45) is -3.00. The van der Waals surface area contributed by atoms with Crippen LogP contribution in [0.1, 0.15) is 30.3 Å². The number of carbonyl (C=O) groups excluding carboxylic acids is 1. The first-order valence-corrected chi connectivity index (χ1v) is 6.08. The Labute approximate surface area is 113 Å². The fourth-order valence-corrected chi connectivity index (χ4v) is 1.76. The molecule has 1 heterocycles. The third kappa shape index (κ3) is 3.78. The fraction of sp³-hybridized carbons (Fsp3) is 0.455. The van der Waals surface area contributed by atoms with E-state index in [0.29, 0.717) is 0 Å². The number of hydrogen-bond donors (Lipinski definition) is 0. The number of rotatable bonds is 5. The van der Waals surface area contributed by atoms with Crippen molar-refractivity contribution in [2.75, 3.05) is 6.61 Å². The maximum atomic E-state index is 12.7. The quantitative estimate of drug-likeness (QED) is 0.617. The molecule has 0 fully saturated rings. The molecule has 7 heteroatoms. The summed E-state index contributed by atoms with van der Waals surface area (Å²) in [4.78, 5) is 15.0. The highest BCUT2D eigenvalue weighted by molar-refractivity contribution is 6.32. The van der Waals surface area contributed by atoms with Crippen molar-refractivity contribution < 1.29 is 18.3 Å². The lowest BCUT2D eigenvalue weighted by atomic mass is 10.1. The SMILES string of the molecule is CCOC(=O)Cc1cc(CCl)nc(C(F)F)c1Cl. The second kappa shape index (κ2) is 6.85. The van der Waals surface area contributed by atoms with Crippen LogP contribution in [0.4, 0.5) is 8.78 Å². The standard InChI is InChI=1S/C11H11Cl2F2NO2/c1-2-18-8(17)4-6-3-7(5-12)16-10(9(6)13)11(14)15/h3,11H,2,4-5H2,1H3. The van der Waals surface area contributed by atoms with Gasteiger partial charge in [0, 0.05) is 0 Å². The predicted octanol–water partition coefficient (Wildman–Crippen LogP) is 3.52. The number of hydrogen-bond acceptors (Lipinski definition) is 3. The number of pyridine rings is 1. The van der Waals surface area contributed by atoms with Crippen LogP contribution >= 0.6 is 23.2 Å². The molecule has 0 saturated heterocycles. The average molecular weight is 298 g/mol. The van der Waals surface area contributed by atoms with Gasteiger partial charge in [-0.05, 0) is 18.6 Å². The summed E-state index contributed by atoms with van der Waals surface area (Å²) < 4.78 is 30.1. The van der Waals surface area contributed by atoms with Crippen molar-refractivity contribution in [3.8, 4) is 0 Å². The number of halogens is 4. The lowest BCUT2D eigenvalue weighted by Gasteiger charge is -2.10. The van der Waals surface area contributed by atoms with Gasteiger partial charge in [-0.15, -0.1) is 11.6 Å². The third-order valence-electron chi connectivity index (χ3n) is 2.10. The summed E-state index contributed by atoms with van der Waals surface area (Å²) in [6.45, 7) is 1.87. The van der Waals surface area contributed by atoms with E-state index in [1.807, 2.05) is 0 Å². The summed E-state index contributed by atoms with van der Waals surface area (Å²) in [5.74, 6) is -0.571. The van der Waals surface area contributed by atoms with E-state index in [0.717, 1.165) is 0 Å². The third-order valence-corrected chi connectivity index (χ3v) is 2.81. The summed E-state index contributed by atoms with van der Waals surface area (Å²) in [7, 11) is 0. The maximum absolute atomic E-state index is 12.7. The zero-order chi connectivity index (χ0) is 13.7. The zero-order valence-electron chi connectivity index (χ0n) is 9.55. The Morgan fingerprint density at radius 3 is 2.72 bits per heavy atom. The van der Waals surface area contributed by atoms with Crippen molar-refractivity contribution in [1.29, 1.82) is 0 Å². The van der Waals surface area contributed by atoms with E-state index >= 15 is 0 Å². The molecule has 0 saturated carbocycles. The molecular weight excluding hydrogens is 287 g/mol. The van der Waals surface area contributed by atoms with Gasteiger partial charge in [-0.2, -0.15) is 0 Å². The number of aromatic nitrogens is 1. The Bertz CT molecular complexity index is 441. The van der Waals surface area contributed by atoms with Crippen LogP contribution in [-0.4, -0.2) is 17.6 Å². The van der Waals surface area contributed by atoms with Crippen molar-refractivity contribution in [3.05, 3.63) is 28.0 Å². The molecule has 0 atom stereocenters. The van der Waals surface area contributed by atoms with Crippen molar-refractivity contribution in [1.82, 2.24) is 4.98 Å². The molecule has 0 aliphatic carbocycles. The molecule has 0 unspecified atom stereocenters. The van der Waals surface area contributed by atoms with Crippen LogP contribution in [0, 0.1) is 0 Å². The zero-order valence-corrected chi connectivity index (χ0v) is 11.1. The van der Waals surface area contributed by atoms with Crippen LogP contribution in [0.15, 0.2) is 6.07 Å². The van der Waals surface area contributed by atoms with Crippen molar-refractivity contribution in [3.63, 3.8) is 0 Å². The molecule has 0 N–H and O–H groups in total. The molecule has 0 amide bonds. The van der Waals surface area contributed by atoms with Crippen LogP contribution in [0.2, 0.25) is 5.02 Å². The maximum Gasteiger partial charge on any atom is 0.310 e. The van der Waals surface area contributed by atoms with Gasteiger partial charge < -0.3 is 4.74 Å². The Kier molecular flexibility index (Phi) is 5.75. The molecule has 0 aliphatic rings. The lowest BCUT2D eigenvalue weighted by Crippen LogP contribution is -2.10. The summed E-state index contributed by atoms with van der Waals surface area (Å²) >= 11 is 11.3. The van der Waals surface area contributed by atoms with Gasteiger partial charge in [0.05, 0.1) is 29.6 Å². The van der Waals surface area contributed by atoms with Crippen molar-refractivity contribution >= 4 is 29.2 Å². The van der Waals surface area contributed by atoms with Gasteiger partial charge in [0.15, 0.2) is 0 Å². The minimum absolute atomic E-state index is 0.0350. The van der Waals surface area contributed by atoms with E-state index in [2.05, 4.69) is 4.98 Å². The molecule has 0 aromatic carbocycles. The molecule has 1 rings (SSSR count). The molecule has 1 aromatic heterocycles. The second-order valence-electron chi connectivity index (χ2n) is 3.39. The van der Waals surface area contributed by atoms with E-state index < -0.39 is 18.1 Å². The topological polar surface area (TPSA) is 39.2 Å². The minimum atomic E-state index is -2.82. The molecule has 3 nitrogen and oxygen atoms in total. The minimum Gasteiger partial charge on any atom is -0.466 e. The average Bonchev–Trinajstić information content (AvgIpc) is 2.31. The highest BCUT2D eigenvalue weighted by Gasteiger charge is 2.20. The predicted molar refractivity (Wildman–Crippen MR) is 64.1 cm³/mol. The largest absolute Gasteiger partial charge is 0.466 e. The second-order valence-corrected chi connectivity index (χ2v) is 4.03. The highest BCUT2D eigenvalue weighted by Crippen LogP contribution is 2.29. The molecule has 0 spiro atoms. The van der Waals surface area contributed by atoms with Crippen molar-refractivity contribution in [2.45, 2.75) is 25.7 Å². The lowest BCUT2D eigenvalue weighted by molar-refractivity contribution is -0.142. The van der Waals surface area contributed by atoms with Gasteiger partial charge in [0.1, 0.15) is 5.69 Å². The van der Waals surface area contributed by atoms with Crippen LogP contribution < -0.4 is 0 Å². The summed E-state index contributed by atoms with van der Waals surface area (Å²) in [5, 5.41) is -0.216. The number of ether oxygens (including phenoxy) is 1. The van der Waals surface area contributed by atoms with E-state index in [4.69, 9.17) is 27.9 Å². The van der Waals surface area contributed by atoms with Crippen molar-refractivity contribution in [2.24, 2.45) is 0 Å². The van der Waals surface area contributed by atoms with Gasteiger partial charge in [0.2, 0.25) is 0 Å². The first kappa shape index (κ1) is 15.1. The van der Waals surface area contributed by atoms with Gasteiger partial charge in [-0.25, -0.2) is 13.8 Å². The molecular formula is C11H11Cl2F2NO2. The molecule has 18 heavy (non-hydrogen) atoms. The Morgan fingerprint density at radius 1 is 1.56 bits per heavy atom. The first-order chi connectivity index (χ1) is 8.49. The Balaban J connectivity index is 3.09. The Morgan fingerprint density at radius 2 is 2.22 bits per heavy atom. The molecule has 100 valence electrons. The highest BCUT2D eigenvalue weighted by atomic mass is 35.5. The van der Waals surface area contributed by atoms with Gasteiger partial charge in [0.25, 0.3) is 6.43 Å². The Hall–Kier alpha value is -0.940. The number of nitrogens with zero attached hydrogens (tertiary/aromatic N) is 1. The number of carbonyl (C=O) groups is 1. The molecule has 0 radical (unpaired) electrons. The molecule has 1 aromatic rings. The monoisotopic (exact) mass is 297 g/mol. The van der Waals surface area contributed by atoms with E-state index in [-0.39, 0.29) is 35.2 Å². The van der Waals surface area contributed by atoms with Gasteiger partial charge in [-0.1, -0.05) is 11.6 Å². The van der Waals surface area contributed by atoms with E-state index in [1.54, 1.807) is 6.92 Å². The van der Waals surface area contributed by atoms with E-state index in [9.17, 15) is 13.6 Å². The normalized spacial score (nSPS) is 10.8. The first-order valence-electron chi connectivity index (χ1n) is 5.17. The van der Waals surface area contributed by atoms with Gasteiger partial charge >= 0.3 is 5.97 Å². The fourth-order valence-electron chi connectivity index (χ4n) is 1.37. The molecule has 0 aliphatic heterocycles. The number of esters is 1. The van der Waals surface area contributed by atoms with Crippen LogP contribution in [0.3, 0.4) is 0 Å². The van der Waals surface area contributed by atoms with Crippen LogP contribution in [0.25, 0.3) is 0 Å². The number of alkyl halides is 3. The van der Waals surface area contributed by atoms with Gasteiger partial charge in [-0.3, -0.25) is 4.79 Å². The molecule has 0 bridgehead atoms. The van der Waals surface area contributed by atoms with Crippen LogP contribution in [0.5, 0.6) is 0 Å². The van der Waals surface area contributed by atoms with E-state index in [1.165, 1.54) is 6.07 Å². The van der Waals surface area contributed by atoms with Crippen LogP contribution in [-0.2, 0) is 21.8 Å². The summed E-state index contributed by atoms with van der Waals surface area (Å²) in [6, 6.07) is 1.43. The summed E-state index contributed by atoms with van der Waals surface area (Å²) in [5.41, 5.74) is -0.0687. The smallest absolute Gasteiger partial charge is 0.310 e.